The van der Waals surface area contributed by atoms with Crippen LogP contribution in [0.5, 0.6) is 0 Å². The highest BCUT2D eigenvalue weighted by Crippen LogP contribution is 2.26. The van der Waals surface area contributed by atoms with Gasteiger partial charge in [-0.3, -0.25) is 0 Å². The third kappa shape index (κ3) is 1.18. The average molecular weight is 199 g/mol. The van der Waals surface area contributed by atoms with Crippen molar-refractivity contribution in [2.45, 2.75) is 18.1 Å². The van der Waals surface area contributed by atoms with Gasteiger partial charge in [0.15, 0.2) is 0 Å². The van der Waals surface area contributed by atoms with Crippen LogP contribution in [0.4, 0.5) is 4.79 Å². The van der Waals surface area contributed by atoms with Crippen molar-refractivity contribution in [2.24, 2.45) is 10.7 Å². The van der Waals surface area contributed by atoms with Crippen molar-refractivity contribution in [2.75, 3.05) is 20.3 Å². The largest absolute Gasteiger partial charge is 0.385 e. The molecule has 0 aromatic rings. The standard InChI is InChI=1S/C8H13N3O3/c1-13-5-4-14-3-2-8(5)6(9)10-7(12)11-8/h5H,2-4H2,1H3,(H3,9,10,11,12). The number of ether oxygens (including phenoxy) is 2. The number of amidine groups is 1. The van der Waals surface area contributed by atoms with Crippen LogP contribution in [0.2, 0.25) is 0 Å². The minimum absolute atomic E-state index is 0.258. The summed E-state index contributed by atoms with van der Waals surface area (Å²) in [6.45, 7) is 0.976. The van der Waals surface area contributed by atoms with E-state index in [2.05, 4.69) is 10.3 Å². The number of methoxy groups -OCH3 is 1. The summed E-state index contributed by atoms with van der Waals surface area (Å²) >= 11 is 0. The Morgan fingerprint density at radius 2 is 2.57 bits per heavy atom. The number of urea groups is 1. The highest BCUT2D eigenvalue weighted by Gasteiger charge is 2.50. The first-order valence-electron chi connectivity index (χ1n) is 4.46. The molecule has 0 radical (unpaired) electrons. The summed E-state index contributed by atoms with van der Waals surface area (Å²) in [6.07, 6.45) is 0.346. The Labute approximate surface area is 81.5 Å². The number of carbonyl (C=O) groups excluding carboxylic acids is 1. The molecule has 78 valence electrons. The third-order valence-corrected chi connectivity index (χ3v) is 2.75. The smallest absolute Gasteiger partial charge is 0.343 e. The van der Waals surface area contributed by atoms with Gasteiger partial charge in [0, 0.05) is 20.1 Å². The molecule has 3 N–H and O–H groups in total. The summed E-state index contributed by atoms with van der Waals surface area (Å²) in [4.78, 5) is 14.8. The van der Waals surface area contributed by atoms with E-state index in [9.17, 15) is 4.79 Å². The first-order chi connectivity index (χ1) is 6.69. The lowest BCUT2D eigenvalue weighted by Gasteiger charge is -2.39. The molecule has 2 rings (SSSR count). The number of aliphatic imine (C=N–C) groups is 1. The summed E-state index contributed by atoms with van der Waals surface area (Å²) in [5, 5.41) is 2.75. The summed E-state index contributed by atoms with van der Waals surface area (Å²) in [7, 11) is 1.57. The predicted molar refractivity (Wildman–Crippen MR) is 49.1 cm³/mol. The number of amides is 2. The number of carbonyl (C=O) groups is 1. The summed E-state index contributed by atoms with van der Waals surface area (Å²) in [6, 6.07) is -0.397. The molecule has 2 aliphatic rings. The van der Waals surface area contributed by atoms with Crippen LogP contribution in [0, 0.1) is 0 Å². The fourth-order valence-corrected chi connectivity index (χ4v) is 1.92. The fraction of sp³-hybridized carbons (Fsp3) is 0.750. The minimum Gasteiger partial charge on any atom is -0.385 e. The molecule has 6 nitrogen and oxygen atoms in total. The van der Waals surface area contributed by atoms with E-state index in [4.69, 9.17) is 15.2 Å². The Balaban J connectivity index is 2.28. The molecule has 2 heterocycles. The van der Waals surface area contributed by atoms with Gasteiger partial charge in [0.05, 0.1) is 6.61 Å². The second kappa shape index (κ2) is 3.21. The summed E-state index contributed by atoms with van der Waals surface area (Å²) in [5.74, 6) is 0.303. The molecule has 0 bridgehead atoms. The molecule has 14 heavy (non-hydrogen) atoms. The van der Waals surface area contributed by atoms with Gasteiger partial charge in [0.2, 0.25) is 0 Å². The molecule has 2 unspecified atom stereocenters. The molecule has 2 atom stereocenters. The molecular formula is C8H13N3O3. The summed E-state index contributed by atoms with van der Waals surface area (Å²) < 4.78 is 10.5. The minimum atomic E-state index is -0.649. The maximum Gasteiger partial charge on any atom is 0.343 e. The van der Waals surface area contributed by atoms with Crippen LogP contribution in [-0.4, -0.2) is 43.8 Å². The molecule has 0 aliphatic carbocycles. The van der Waals surface area contributed by atoms with E-state index in [0.29, 0.717) is 25.5 Å². The van der Waals surface area contributed by atoms with Gasteiger partial charge in [0.25, 0.3) is 0 Å². The maximum absolute atomic E-state index is 11.1. The van der Waals surface area contributed by atoms with Crippen molar-refractivity contribution >= 4 is 11.9 Å². The second-order valence-electron chi connectivity index (χ2n) is 3.45. The Morgan fingerprint density at radius 1 is 1.79 bits per heavy atom. The third-order valence-electron chi connectivity index (χ3n) is 2.75. The van der Waals surface area contributed by atoms with Gasteiger partial charge in [-0.2, -0.15) is 4.99 Å². The zero-order chi connectivity index (χ0) is 10.2. The van der Waals surface area contributed by atoms with Gasteiger partial charge < -0.3 is 20.5 Å². The van der Waals surface area contributed by atoms with Gasteiger partial charge in [-0.1, -0.05) is 0 Å². The van der Waals surface area contributed by atoms with Crippen molar-refractivity contribution in [1.82, 2.24) is 5.32 Å². The van der Waals surface area contributed by atoms with E-state index in [0.717, 1.165) is 0 Å². The lowest BCUT2D eigenvalue weighted by Crippen LogP contribution is -2.64. The number of hydrogen-bond acceptors (Lipinski definition) is 4. The SMILES string of the molecule is COC1COCCC12NC(=O)N=C2N. The monoisotopic (exact) mass is 199 g/mol. The second-order valence-corrected chi connectivity index (χ2v) is 3.45. The van der Waals surface area contributed by atoms with Gasteiger partial charge in [-0.25, -0.2) is 4.79 Å². The highest BCUT2D eigenvalue weighted by atomic mass is 16.5. The molecule has 1 fully saturated rings. The predicted octanol–water partition coefficient (Wildman–Crippen LogP) is -0.759. The Bertz CT molecular complexity index is 292. The van der Waals surface area contributed by atoms with E-state index < -0.39 is 11.6 Å². The number of rotatable bonds is 1. The average Bonchev–Trinajstić information content (AvgIpc) is 2.43. The van der Waals surface area contributed by atoms with Gasteiger partial charge in [-0.05, 0) is 0 Å². The van der Waals surface area contributed by atoms with Gasteiger partial charge in [0.1, 0.15) is 17.5 Å². The molecule has 1 saturated heterocycles. The van der Waals surface area contributed by atoms with Crippen LogP contribution in [0.1, 0.15) is 6.42 Å². The fourth-order valence-electron chi connectivity index (χ4n) is 1.92. The van der Waals surface area contributed by atoms with Crippen LogP contribution >= 0.6 is 0 Å². The van der Waals surface area contributed by atoms with E-state index in [1.807, 2.05) is 0 Å². The number of nitrogens with zero attached hydrogens (tertiary/aromatic N) is 1. The molecule has 1 spiro atoms. The molecule has 0 saturated carbocycles. The van der Waals surface area contributed by atoms with Crippen molar-refractivity contribution in [3.05, 3.63) is 0 Å². The lowest BCUT2D eigenvalue weighted by atomic mass is 9.87. The number of nitrogens with one attached hydrogen (secondary N) is 1. The molecule has 0 aromatic carbocycles. The number of nitrogens with two attached hydrogens (primary N) is 1. The first-order valence-corrected chi connectivity index (χ1v) is 4.46. The lowest BCUT2D eigenvalue weighted by molar-refractivity contribution is -0.0627. The van der Waals surface area contributed by atoms with E-state index in [1.165, 1.54) is 0 Å². The van der Waals surface area contributed by atoms with Crippen molar-refractivity contribution < 1.29 is 14.3 Å². The van der Waals surface area contributed by atoms with E-state index in [1.54, 1.807) is 7.11 Å². The summed E-state index contributed by atoms with van der Waals surface area (Å²) in [5.41, 5.74) is 5.08. The van der Waals surface area contributed by atoms with E-state index in [-0.39, 0.29) is 6.10 Å². The quantitative estimate of drug-likeness (QED) is 0.581. The highest BCUT2D eigenvalue weighted by molar-refractivity contribution is 6.06. The molecule has 6 heteroatoms. The first kappa shape index (κ1) is 9.42. The van der Waals surface area contributed by atoms with Crippen molar-refractivity contribution in [3.63, 3.8) is 0 Å². The molecule has 2 amide bonds. The molecule has 2 aliphatic heterocycles. The van der Waals surface area contributed by atoms with E-state index >= 15 is 0 Å². The zero-order valence-corrected chi connectivity index (χ0v) is 7.95. The molecular weight excluding hydrogens is 186 g/mol. The van der Waals surface area contributed by atoms with Crippen LogP contribution in [-0.2, 0) is 9.47 Å². The Kier molecular flexibility index (Phi) is 2.16. The van der Waals surface area contributed by atoms with Crippen molar-refractivity contribution in [3.8, 4) is 0 Å². The number of hydrogen-bond donors (Lipinski definition) is 2. The van der Waals surface area contributed by atoms with Gasteiger partial charge in [-0.15, -0.1) is 0 Å². The van der Waals surface area contributed by atoms with Crippen molar-refractivity contribution in [1.29, 1.82) is 0 Å². The van der Waals surface area contributed by atoms with Gasteiger partial charge >= 0.3 is 6.03 Å². The Morgan fingerprint density at radius 3 is 3.14 bits per heavy atom. The van der Waals surface area contributed by atoms with Crippen LogP contribution in [0.25, 0.3) is 0 Å². The normalized spacial score (nSPS) is 37.1. The van der Waals surface area contributed by atoms with Crippen LogP contribution in [0.15, 0.2) is 4.99 Å². The van der Waals surface area contributed by atoms with Crippen LogP contribution < -0.4 is 11.1 Å². The van der Waals surface area contributed by atoms with Crippen LogP contribution in [0.3, 0.4) is 0 Å². The Hall–Kier alpha value is -1.14. The topological polar surface area (TPSA) is 85.9 Å². The zero-order valence-electron chi connectivity index (χ0n) is 7.95. The maximum atomic E-state index is 11.1. The molecule has 0 aromatic heterocycles.